The number of ether oxygens (including phenoxy) is 1. The van der Waals surface area contributed by atoms with Crippen LogP contribution in [-0.2, 0) is 0 Å². The summed E-state index contributed by atoms with van der Waals surface area (Å²) in [6.45, 7) is 8.34. The number of anilines is 1. The Morgan fingerprint density at radius 2 is 2.00 bits per heavy atom. The zero-order chi connectivity index (χ0) is 18.8. The van der Waals surface area contributed by atoms with Gasteiger partial charge < -0.3 is 10.1 Å². The largest absolute Gasteiger partial charge is 0.444 e. The topological polar surface area (TPSA) is 46.5 Å². The molecule has 0 unspecified atom stereocenters. The quantitative estimate of drug-likeness (QED) is 0.413. The average Bonchev–Trinajstić information content (AvgIpc) is 3.00. The molecular weight excluding hydrogens is 366 g/mol. The summed E-state index contributed by atoms with van der Waals surface area (Å²) in [5.41, 5.74) is 3.96. The summed E-state index contributed by atoms with van der Waals surface area (Å²) in [7, 11) is 1.81. The number of benzene rings is 2. The van der Waals surface area contributed by atoms with Crippen LogP contribution in [0, 0.1) is 19.8 Å². The van der Waals surface area contributed by atoms with Crippen molar-refractivity contribution in [3.8, 4) is 10.8 Å². The Morgan fingerprint density at radius 3 is 2.69 bits per heavy atom. The molecule has 6 heteroatoms. The van der Waals surface area contributed by atoms with Crippen molar-refractivity contribution in [3.05, 3.63) is 46.5 Å². The van der Waals surface area contributed by atoms with E-state index in [1.807, 2.05) is 38.2 Å². The van der Waals surface area contributed by atoms with Gasteiger partial charge in [0.1, 0.15) is 17.1 Å². The van der Waals surface area contributed by atoms with Gasteiger partial charge in [0.25, 0.3) is 0 Å². The number of aliphatic imine (C=N–C) groups is 1. The zero-order valence-electron chi connectivity index (χ0n) is 15.6. The summed E-state index contributed by atoms with van der Waals surface area (Å²) < 4.78 is 10.6. The third kappa shape index (κ3) is 3.69. The maximum absolute atomic E-state index is 6.21. The minimum Gasteiger partial charge on any atom is -0.444 e. The molecule has 0 saturated heterocycles. The first kappa shape index (κ1) is 18.7. The van der Waals surface area contributed by atoms with Crippen molar-refractivity contribution < 1.29 is 4.74 Å². The molecule has 0 aliphatic heterocycles. The number of rotatable bonds is 4. The van der Waals surface area contributed by atoms with Gasteiger partial charge in [0, 0.05) is 30.2 Å². The van der Waals surface area contributed by atoms with Gasteiger partial charge in [0.2, 0.25) is 5.06 Å². The van der Waals surface area contributed by atoms with Crippen molar-refractivity contribution in [2.24, 2.45) is 10.9 Å². The lowest BCUT2D eigenvalue weighted by atomic mass is 10.1. The van der Waals surface area contributed by atoms with Crippen molar-refractivity contribution >= 4 is 45.6 Å². The molecule has 1 heterocycles. The van der Waals surface area contributed by atoms with Crippen molar-refractivity contribution in [3.63, 3.8) is 0 Å². The van der Waals surface area contributed by atoms with Crippen molar-refractivity contribution in [1.82, 2.24) is 4.37 Å². The third-order valence-electron chi connectivity index (χ3n) is 4.20. The van der Waals surface area contributed by atoms with Gasteiger partial charge >= 0.3 is 0 Å². The Bertz CT molecular complexity index is 979. The Kier molecular flexibility index (Phi) is 5.49. The van der Waals surface area contributed by atoms with Crippen LogP contribution in [0.4, 0.5) is 5.69 Å². The van der Waals surface area contributed by atoms with Gasteiger partial charge in [0.05, 0.1) is 10.4 Å². The van der Waals surface area contributed by atoms with Gasteiger partial charge in [-0.25, -0.2) is 0 Å². The maximum Gasteiger partial charge on any atom is 0.207 e. The Balaban J connectivity index is 1.92. The summed E-state index contributed by atoms with van der Waals surface area (Å²) in [6, 6.07) is 9.86. The van der Waals surface area contributed by atoms with Crippen LogP contribution < -0.4 is 10.1 Å². The molecule has 0 saturated carbocycles. The number of amidine groups is 1. The van der Waals surface area contributed by atoms with E-state index in [1.165, 1.54) is 11.5 Å². The number of nitrogens with zero attached hydrogens (tertiary/aromatic N) is 2. The summed E-state index contributed by atoms with van der Waals surface area (Å²) in [5, 5.41) is 5.75. The number of halogens is 1. The standard InChI is InChI=1S/C20H22ClN3OS/c1-11(2)19(22-5)23-16-9-13(4)17(10-12(16)3)25-20-14-7-6-8-15(21)18(14)24-26-20/h6-11H,1-5H3,(H,22,23). The number of aromatic nitrogens is 1. The highest BCUT2D eigenvalue weighted by atomic mass is 35.5. The van der Waals surface area contributed by atoms with E-state index in [0.717, 1.165) is 44.4 Å². The minimum atomic E-state index is 0.337. The van der Waals surface area contributed by atoms with Crippen LogP contribution in [0.2, 0.25) is 5.02 Å². The predicted molar refractivity (Wildman–Crippen MR) is 112 cm³/mol. The SMILES string of the molecule is CN=C(Nc1cc(C)c(Oc2snc3c(Cl)cccc23)cc1C)C(C)C. The molecule has 0 bridgehead atoms. The molecule has 0 atom stereocenters. The summed E-state index contributed by atoms with van der Waals surface area (Å²) in [5.74, 6) is 2.12. The van der Waals surface area contributed by atoms with Crippen LogP contribution in [0.5, 0.6) is 10.8 Å². The highest BCUT2D eigenvalue weighted by molar-refractivity contribution is 7.09. The molecule has 0 aliphatic carbocycles. The van der Waals surface area contributed by atoms with E-state index in [1.54, 1.807) is 0 Å². The molecule has 1 N–H and O–H groups in total. The number of aryl methyl sites for hydroxylation is 2. The fourth-order valence-electron chi connectivity index (χ4n) is 2.71. The first-order valence-corrected chi connectivity index (χ1v) is 9.62. The Hall–Kier alpha value is -2.11. The van der Waals surface area contributed by atoms with E-state index in [4.69, 9.17) is 16.3 Å². The smallest absolute Gasteiger partial charge is 0.207 e. The molecule has 0 fully saturated rings. The predicted octanol–water partition coefficient (Wildman–Crippen LogP) is 6.46. The fraction of sp³-hybridized carbons (Fsp3) is 0.300. The molecular formula is C20H22ClN3OS. The lowest BCUT2D eigenvalue weighted by Gasteiger charge is -2.17. The van der Waals surface area contributed by atoms with Crippen LogP contribution in [0.15, 0.2) is 35.3 Å². The van der Waals surface area contributed by atoms with Gasteiger partial charge in [-0.05, 0) is 49.2 Å². The van der Waals surface area contributed by atoms with Crippen LogP contribution in [-0.4, -0.2) is 17.3 Å². The third-order valence-corrected chi connectivity index (χ3v) is 5.25. The van der Waals surface area contributed by atoms with Gasteiger partial charge in [-0.15, -0.1) is 0 Å². The molecule has 0 aliphatic rings. The second-order valence-electron chi connectivity index (χ2n) is 6.53. The van der Waals surface area contributed by atoms with E-state index in [2.05, 4.69) is 41.5 Å². The Labute approximate surface area is 163 Å². The van der Waals surface area contributed by atoms with Crippen molar-refractivity contribution in [2.75, 3.05) is 12.4 Å². The number of hydrogen-bond acceptors (Lipinski definition) is 4. The lowest BCUT2D eigenvalue weighted by molar-refractivity contribution is 0.497. The molecule has 1 aromatic heterocycles. The van der Waals surface area contributed by atoms with Gasteiger partial charge in [0.15, 0.2) is 0 Å². The van der Waals surface area contributed by atoms with Crippen molar-refractivity contribution in [1.29, 1.82) is 0 Å². The molecule has 3 rings (SSSR count). The zero-order valence-corrected chi connectivity index (χ0v) is 17.1. The monoisotopic (exact) mass is 387 g/mol. The molecule has 0 radical (unpaired) electrons. The highest BCUT2D eigenvalue weighted by Crippen LogP contribution is 2.38. The summed E-state index contributed by atoms with van der Waals surface area (Å²) >= 11 is 7.52. The second kappa shape index (κ2) is 7.64. The van der Waals surface area contributed by atoms with E-state index in [9.17, 15) is 0 Å². The molecule has 0 spiro atoms. The number of fused-ring (bicyclic) bond motifs is 1. The second-order valence-corrected chi connectivity index (χ2v) is 7.67. The van der Waals surface area contributed by atoms with Crippen LogP contribution in [0.3, 0.4) is 0 Å². The molecule has 136 valence electrons. The summed E-state index contributed by atoms with van der Waals surface area (Å²) in [4.78, 5) is 4.33. The van der Waals surface area contributed by atoms with Gasteiger partial charge in [-0.2, -0.15) is 4.37 Å². The van der Waals surface area contributed by atoms with E-state index >= 15 is 0 Å². The number of hydrogen-bond donors (Lipinski definition) is 1. The minimum absolute atomic E-state index is 0.337. The fourth-order valence-corrected chi connectivity index (χ4v) is 3.74. The van der Waals surface area contributed by atoms with E-state index < -0.39 is 0 Å². The molecule has 26 heavy (non-hydrogen) atoms. The lowest BCUT2D eigenvalue weighted by Crippen LogP contribution is -2.19. The van der Waals surface area contributed by atoms with Crippen LogP contribution in [0.1, 0.15) is 25.0 Å². The molecule has 4 nitrogen and oxygen atoms in total. The normalized spacial score (nSPS) is 12.0. The average molecular weight is 388 g/mol. The van der Waals surface area contributed by atoms with E-state index in [0.29, 0.717) is 10.9 Å². The van der Waals surface area contributed by atoms with Gasteiger partial charge in [-0.1, -0.05) is 31.5 Å². The van der Waals surface area contributed by atoms with Crippen LogP contribution >= 0.6 is 23.1 Å². The molecule has 0 amide bonds. The first-order valence-electron chi connectivity index (χ1n) is 8.47. The summed E-state index contributed by atoms with van der Waals surface area (Å²) in [6.07, 6.45) is 0. The van der Waals surface area contributed by atoms with E-state index in [-0.39, 0.29) is 0 Å². The molecule has 3 aromatic rings. The molecule has 2 aromatic carbocycles. The van der Waals surface area contributed by atoms with Crippen molar-refractivity contribution in [2.45, 2.75) is 27.7 Å². The maximum atomic E-state index is 6.21. The number of nitrogens with one attached hydrogen (secondary N) is 1. The van der Waals surface area contributed by atoms with Gasteiger partial charge in [-0.3, -0.25) is 4.99 Å². The highest BCUT2D eigenvalue weighted by Gasteiger charge is 2.14. The van der Waals surface area contributed by atoms with Crippen LogP contribution in [0.25, 0.3) is 10.9 Å². The Morgan fingerprint density at radius 1 is 1.23 bits per heavy atom. The first-order chi connectivity index (χ1) is 12.4.